The first-order chi connectivity index (χ1) is 7.16. The van der Waals surface area contributed by atoms with Crippen LogP contribution in [0.1, 0.15) is 23.5 Å². The fraction of sp³-hybridized carbons (Fsp3) is 0.417. The fourth-order valence-corrected chi connectivity index (χ4v) is 2.10. The highest BCUT2D eigenvalue weighted by Crippen LogP contribution is 2.26. The predicted molar refractivity (Wildman–Crippen MR) is 58.0 cm³/mol. The molecule has 0 amide bonds. The fourth-order valence-electron chi connectivity index (χ4n) is 2.10. The van der Waals surface area contributed by atoms with Gasteiger partial charge < -0.3 is 10.4 Å². The summed E-state index contributed by atoms with van der Waals surface area (Å²) < 4.78 is 0. The number of hydrogen-bond donors (Lipinski definition) is 2. The monoisotopic (exact) mass is 205 g/mol. The second-order valence-electron chi connectivity index (χ2n) is 4.15. The first-order valence-electron chi connectivity index (χ1n) is 5.19. The van der Waals surface area contributed by atoms with E-state index in [2.05, 4.69) is 30.4 Å². The predicted octanol–water partition coefficient (Wildman–Crippen LogP) is 1.53. The number of hydrogen-bond acceptors (Lipinski definition) is 2. The lowest BCUT2D eigenvalue weighted by Crippen LogP contribution is -2.29. The smallest absolute Gasteiger partial charge is 0.320 e. The minimum Gasteiger partial charge on any atom is -0.480 e. The van der Waals surface area contributed by atoms with Crippen LogP contribution >= 0.6 is 0 Å². The Kier molecular flexibility index (Phi) is 2.73. The molecule has 1 aromatic carbocycles. The van der Waals surface area contributed by atoms with E-state index in [0.717, 1.165) is 6.54 Å². The summed E-state index contributed by atoms with van der Waals surface area (Å²) in [6.45, 7) is 2.82. The standard InChI is InChI=1S/C12H15NO2/c1-8-3-2-4-9(5-8)10-6-11(12(14)15)13-7-10/h2-5,10-11,13H,6-7H2,1H3,(H,14,15)/t10-,11-/m0/s1. The van der Waals surface area contributed by atoms with Gasteiger partial charge in [0.2, 0.25) is 0 Å². The average Bonchev–Trinajstić information content (AvgIpc) is 2.66. The van der Waals surface area contributed by atoms with Gasteiger partial charge in [-0.1, -0.05) is 29.8 Å². The van der Waals surface area contributed by atoms with E-state index in [9.17, 15) is 4.79 Å². The summed E-state index contributed by atoms with van der Waals surface area (Å²) in [7, 11) is 0. The van der Waals surface area contributed by atoms with E-state index in [1.54, 1.807) is 0 Å². The van der Waals surface area contributed by atoms with Crippen LogP contribution < -0.4 is 5.32 Å². The first kappa shape index (κ1) is 10.2. The van der Waals surface area contributed by atoms with E-state index < -0.39 is 5.97 Å². The number of carbonyl (C=O) groups is 1. The van der Waals surface area contributed by atoms with Crippen molar-refractivity contribution in [3.63, 3.8) is 0 Å². The van der Waals surface area contributed by atoms with Gasteiger partial charge in [-0.15, -0.1) is 0 Å². The van der Waals surface area contributed by atoms with Gasteiger partial charge in [0.1, 0.15) is 6.04 Å². The van der Waals surface area contributed by atoms with Crippen molar-refractivity contribution >= 4 is 5.97 Å². The van der Waals surface area contributed by atoms with Crippen molar-refractivity contribution in [3.05, 3.63) is 35.4 Å². The molecule has 0 saturated carbocycles. The number of nitrogens with one attached hydrogen (secondary N) is 1. The lowest BCUT2D eigenvalue weighted by molar-refractivity contribution is -0.139. The van der Waals surface area contributed by atoms with Crippen molar-refractivity contribution < 1.29 is 9.90 Å². The second-order valence-corrected chi connectivity index (χ2v) is 4.15. The summed E-state index contributed by atoms with van der Waals surface area (Å²) in [6, 6.07) is 7.91. The molecular weight excluding hydrogens is 190 g/mol. The van der Waals surface area contributed by atoms with Crippen LogP contribution in [0.3, 0.4) is 0 Å². The van der Waals surface area contributed by atoms with Crippen LogP contribution in [0.5, 0.6) is 0 Å². The topological polar surface area (TPSA) is 49.3 Å². The van der Waals surface area contributed by atoms with Crippen LogP contribution in [-0.4, -0.2) is 23.7 Å². The van der Waals surface area contributed by atoms with Gasteiger partial charge in [-0.05, 0) is 24.8 Å². The molecule has 80 valence electrons. The molecule has 15 heavy (non-hydrogen) atoms. The minimum absolute atomic E-state index is 0.339. The van der Waals surface area contributed by atoms with E-state index >= 15 is 0 Å². The van der Waals surface area contributed by atoms with Gasteiger partial charge in [0.15, 0.2) is 0 Å². The Hall–Kier alpha value is -1.35. The second kappa shape index (κ2) is 4.03. The third-order valence-electron chi connectivity index (χ3n) is 2.94. The summed E-state index contributed by atoms with van der Waals surface area (Å²) >= 11 is 0. The first-order valence-corrected chi connectivity index (χ1v) is 5.19. The van der Waals surface area contributed by atoms with Gasteiger partial charge in [-0.2, -0.15) is 0 Å². The zero-order valence-electron chi connectivity index (χ0n) is 8.73. The molecule has 0 aliphatic carbocycles. The zero-order chi connectivity index (χ0) is 10.8. The summed E-state index contributed by atoms with van der Waals surface area (Å²) in [5.74, 6) is -0.406. The molecule has 3 heteroatoms. The van der Waals surface area contributed by atoms with Crippen LogP contribution in [0.15, 0.2) is 24.3 Å². The molecule has 3 nitrogen and oxygen atoms in total. The third-order valence-corrected chi connectivity index (χ3v) is 2.94. The average molecular weight is 205 g/mol. The van der Waals surface area contributed by atoms with E-state index in [0.29, 0.717) is 12.3 Å². The molecule has 1 fully saturated rings. The molecule has 1 saturated heterocycles. The van der Waals surface area contributed by atoms with Crippen molar-refractivity contribution in [2.24, 2.45) is 0 Å². The molecule has 0 aromatic heterocycles. The van der Waals surface area contributed by atoms with E-state index in [-0.39, 0.29) is 6.04 Å². The van der Waals surface area contributed by atoms with Gasteiger partial charge in [0.05, 0.1) is 0 Å². The van der Waals surface area contributed by atoms with Crippen molar-refractivity contribution in [2.45, 2.75) is 25.3 Å². The summed E-state index contributed by atoms with van der Waals surface area (Å²) in [5, 5.41) is 11.9. The molecule has 1 heterocycles. The Bertz CT molecular complexity index is 376. The van der Waals surface area contributed by atoms with E-state index in [1.165, 1.54) is 11.1 Å². The Morgan fingerprint density at radius 1 is 1.53 bits per heavy atom. The Labute approximate surface area is 89.1 Å². The van der Waals surface area contributed by atoms with Gasteiger partial charge in [0.25, 0.3) is 0 Å². The highest BCUT2D eigenvalue weighted by atomic mass is 16.4. The zero-order valence-corrected chi connectivity index (χ0v) is 8.73. The number of aryl methyl sites for hydroxylation is 1. The lowest BCUT2D eigenvalue weighted by Gasteiger charge is -2.09. The summed E-state index contributed by atoms with van der Waals surface area (Å²) in [5.41, 5.74) is 2.47. The number of rotatable bonds is 2. The number of benzene rings is 1. The van der Waals surface area contributed by atoms with Crippen molar-refractivity contribution in [1.29, 1.82) is 0 Å². The van der Waals surface area contributed by atoms with Gasteiger partial charge in [-0.25, -0.2) is 0 Å². The molecule has 0 radical (unpaired) electrons. The lowest BCUT2D eigenvalue weighted by atomic mass is 9.95. The van der Waals surface area contributed by atoms with Crippen LogP contribution in [0, 0.1) is 6.92 Å². The number of carboxylic acid groups (broad SMARTS) is 1. The molecule has 0 bridgehead atoms. The van der Waals surface area contributed by atoms with Crippen LogP contribution in [-0.2, 0) is 4.79 Å². The molecular formula is C12H15NO2. The van der Waals surface area contributed by atoms with Crippen molar-refractivity contribution in [2.75, 3.05) is 6.54 Å². The van der Waals surface area contributed by atoms with Crippen molar-refractivity contribution in [1.82, 2.24) is 5.32 Å². The highest BCUT2D eigenvalue weighted by molar-refractivity contribution is 5.74. The number of carboxylic acids is 1. The SMILES string of the molecule is Cc1cccc([C@@H]2CN[C@H](C(=O)O)C2)c1. The minimum atomic E-state index is -0.745. The maximum Gasteiger partial charge on any atom is 0.320 e. The Balaban J connectivity index is 2.11. The van der Waals surface area contributed by atoms with Gasteiger partial charge >= 0.3 is 5.97 Å². The quantitative estimate of drug-likeness (QED) is 0.769. The molecule has 2 rings (SSSR count). The molecule has 0 spiro atoms. The Morgan fingerprint density at radius 2 is 2.33 bits per heavy atom. The summed E-state index contributed by atoms with van der Waals surface area (Å²) in [4.78, 5) is 10.8. The van der Waals surface area contributed by atoms with E-state index in [4.69, 9.17) is 5.11 Å². The van der Waals surface area contributed by atoms with Crippen LogP contribution in [0.25, 0.3) is 0 Å². The summed E-state index contributed by atoms with van der Waals surface area (Å²) in [6.07, 6.45) is 0.693. The molecule has 1 aliphatic heterocycles. The molecule has 2 N–H and O–H groups in total. The normalized spacial score (nSPS) is 25.4. The van der Waals surface area contributed by atoms with Crippen molar-refractivity contribution in [3.8, 4) is 0 Å². The number of aliphatic carboxylic acids is 1. The molecule has 0 unspecified atom stereocenters. The largest absolute Gasteiger partial charge is 0.480 e. The van der Waals surface area contributed by atoms with E-state index in [1.807, 2.05) is 6.07 Å². The third kappa shape index (κ3) is 2.18. The molecule has 1 aromatic rings. The van der Waals surface area contributed by atoms with Crippen LogP contribution in [0.2, 0.25) is 0 Å². The van der Waals surface area contributed by atoms with Gasteiger partial charge in [0, 0.05) is 6.54 Å². The highest BCUT2D eigenvalue weighted by Gasteiger charge is 2.29. The molecule has 2 atom stereocenters. The Morgan fingerprint density at radius 3 is 2.93 bits per heavy atom. The van der Waals surface area contributed by atoms with Crippen LogP contribution in [0.4, 0.5) is 0 Å². The maximum atomic E-state index is 10.8. The van der Waals surface area contributed by atoms with Gasteiger partial charge in [-0.3, -0.25) is 4.79 Å². The molecule has 1 aliphatic rings. The maximum absolute atomic E-state index is 10.8.